The smallest absolute Gasteiger partial charge is 0.129 e. The molecule has 0 bridgehead atoms. The van der Waals surface area contributed by atoms with Crippen LogP contribution in [0, 0.1) is 0 Å². The van der Waals surface area contributed by atoms with Gasteiger partial charge < -0.3 is 15.4 Å². The van der Waals surface area contributed by atoms with Crippen molar-refractivity contribution in [3.8, 4) is 0 Å². The highest BCUT2D eigenvalue weighted by Crippen LogP contribution is 2.16. The van der Waals surface area contributed by atoms with Crippen LogP contribution >= 0.6 is 0 Å². The molecule has 1 aromatic heterocycles. The lowest BCUT2D eigenvalue weighted by molar-refractivity contribution is 0.164. The zero-order valence-electron chi connectivity index (χ0n) is 6.23. The van der Waals surface area contributed by atoms with Crippen LogP contribution in [0.3, 0.4) is 0 Å². The Morgan fingerprint density at radius 2 is 2.55 bits per heavy atom. The van der Waals surface area contributed by atoms with Crippen LogP contribution in [0.1, 0.15) is 24.5 Å². The second kappa shape index (κ2) is 4.10. The van der Waals surface area contributed by atoms with Crippen molar-refractivity contribution in [2.75, 3.05) is 6.54 Å². The van der Waals surface area contributed by atoms with E-state index in [1.165, 1.54) is 12.5 Å². The Labute approximate surface area is 65.0 Å². The summed E-state index contributed by atoms with van der Waals surface area (Å²) in [5, 5.41) is 12.9. The number of hydrogen-bond acceptors (Lipinski definition) is 4. The fraction of sp³-hybridized carbons (Fsp3) is 0.571. The molecule has 0 aliphatic heterocycles. The van der Waals surface area contributed by atoms with Gasteiger partial charge in [0.05, 0.1) is 12.3 Å². The van der Waals surface area contributed by atoms with Gasteiger partial charge in [-0.05, 0) is 19.4 Å². The number of rotatable bonds is 4. The Morgan fingerprint density at radius 1 is 1.73 bits per heavy atom. The van der Waals surface area contributed by atoms with Crippen molar-refractivity contribution in [3.05, 3.63) is 18.0 Å². The van der Waals surface area contributed by atoms with E-state index in [0.29, 0.717) is 13.0 Å². The second-order valence-corrected chi connectivity index (χ2v) is 2.40. The maximum absolute atomic E-state index is 9.38. The van der Waals surface area contributed by atoms with Gasteiger partial charge in [-0.3, -0.25) is 0 Å². The maximum atomic E-state index is 9.38. The van der Waals surface area contributed by atoms with Crippen LogP contribution in [-0.2, 0) is 0 Å². The third-order valence-corrected chi connectivity index (χ3v) is 1.52. The Bertz CT molecular complexity index is 186. The first kappa shape index (κ1) is 8.23. The van der Waals surface area contributed by atoms with Gasteiger partial charge in [-0.25, -0.2) is 0 Å². The summed E-state index contributed by atoms with van der Waals surface area (Å²) >= 11 is 0. The first-order valence-electron chi connectivity index (χ1n) is 3.62. The molecule has 0 aromatic carbocycles. The summed E-state index contributed by atoms with van der Waals surface area (Å²) in [5.74, 6) is 0. The largest absolute Gasteiger partial charge is 0.388 e. The van der Waals surface area contributed by atoms with Crippen LogP contribution in [0.2, 0.25) is 0 Å². The number of aliphatic hydroxyl groups excluding tert-OH is 1. The molecule has 0 spiro atoms. The highest BCUT2D eigenvalue weighted by Gasteiger charge is 2.07. The van der Waals surface area contributed by atoms with Gasteiger partial charge in [0.1, 0.15) is 6.26 Å². The van der Waals surface area contributed by atoms with E-state index in [4.69, 9.17) is 5.73 Å². The monoisotopic (exact) mass is 156 g/mol. The molecule has 4 nitrogen and oxygen atoms in total. The van der Waals surface area contributed by atoms with Crippen molar-refractivity contribution in [3.63, 3.8) is 0 Å². The highest BCUT2D eigenvalue weighted by molar-refractivity contribution is 5.04. The molecule has 0 aliphatic rings. The minimum absolute atomic E-state index is 0.482. The van der Waals surface area contributed by atoms with E-state index in [0.717, 1.165) is 12.0 Å². The van der Waals surface area contributed by atoms with Gasteiger partial charge >= 0.3 is 0 Å². The number of aliphatic hydroxyl groups is 1. The highest BCUT2D eigenvalue weighted by atomic mass is 16.5. The minimum atomic E-state index is -0.482. The predicted octanol–water partition coefficient (Wildman–Crippen LogP) is 0.447. The molecule has 3 N–H and O–H groups in total. The SMILES string of the molecule is NCCCC(O)c1cnoc1. The molecule has 1 heterocycles. The number of nitrogens with two attached hydrogens (primary N) is 1. The minimum Gasteiger partial charge on any atom is -0.388 e. The molecular formula is C7H12N2O2. The molecule has 1 unspecified atom stereocenters. The second-order valence-electron chi connectivity index (χ2n) is 2.40. The molecule has 62 valence electrons. The quantitative estimate of drug-likeness (QED) is 0.663. The number of hydrogen-bond donors (Lipinski definition) is 2. The summed E-state index contributed by atoms with van der Waals surface area (Å²) < 4.78 is 4.57. The molecule has 0 amide bonds. The van der Waals surface area contributed by atoms with Crippen LogP contribution in [0.15, 0.2) is 17.0 Å². The topological polar surface area (TPSA) is 72.3 Å². The van der Waals surface area contributed by atoms with Gasteiger partial charge in [0.2, 0.25) is 0 Å². The molecule has 1 rings (SSSR count). The van der Waals surface area contributed by atoms with Gasteiger partial charge in [-0.15, -0.1) is 0 Å². The predicted molar refractivity (Wildman–Crippen MR) is 39.8 cm³/mol. The summed E-state index contributed by atoms with van der Waals surface area (Å²) in [6, 6.07) is 0. The van der Waals surface area contributed by atoms with Crippen LogP contribution in [0.25, 0.3) is 0 Å². The number of nitrogens with zero attached hydrogens (tertiary/aromatic N) is 1. The molecule has 0 fully saturated rings. The van der Waals surface area contributed by atoms with Gasteiger partial charge in [0.25, 0.3) is 0 Å². The van der Waals surface area contributed by atoms with Crippen LogP contribution in [0.5, 0.6) is 0 Å². The van der Waals surface area contributed by atoms with Crippen molar-refractivity contribution < 1.29 is 9.63 Å². The molecule has 0 saturated heterocycles. The third-order valence-electron chi connectivity index (χ3n) is 1.52. The normalized spacial score (nSPS) is 13.3. The van der Waals surface area contributed by atoms with Crippen LogP contribution < -0.4 is 5.73 Å². The Hall–Kier alpha value is -0.870. The average molecular weight is 156 g/mol. The molecule has 0 saturated carbocycles. The van der Waals surface area contributed by atoms with Crippen LogP contribution in [-0.4, -0.2) is 16.8 Å². The fourth-order valence-corrected chi connectivity index (χ4v) is 0.855. The van der Waals surface area contributed by atoms with E-state index in [9.17, 15) is 5.11 Å². The average Bonchev–Trinajstić information content (AvgIpc) is 2.52. The first-order chi connectivity index (χ1) is 5.34. The molecule has 1 atom stereocenters. The van der Waals surface area contributed by atoms with Gasteiger partial charge in [-0.1, -0.05) is 5.16 Å². The standard InChI is InChI=1S/C7H12N2O2/c8-3-1-2-7(10)6-4-9-11-5-6/h4-5,7,10H,1-3,8H2. The Morgan fingerprint density at radius 3 is 3.09 bits per heavy atom. The van der Waals surface area contributed by atoms with E-state index < -0.39 is 6.10 Å². The van der Waals surface area contributed by atoms with Crippen molar-refractivity contribution in [2.45, 2.75) is 18.9 Å². The van der Waals surface area contributed by atoms with Crippen molar-refractivity contribution in [1.29, 1.82) is 0 Å². The summed E-state index contributed by atoms with van der Waals surface area (Å²) in [7, 11) is 0. The lowest BCUT2D eigenvalue weighted by atomic mass is 10.1. The molecule has 11 heavy (non-hydrogen) atoms. The van der Waals surface area contributed by atoms with Crippen molar-refractivity contribution in [2.24, 2.45) is 5.73 Å². The summed E-state index contributed by atoms with van der Waals surface area (Å²) in [4.78, 5) is 0. The lowest BCUT2D eigenvalue weighted by Crippen LogP contribution is -2.02. The summed E-state index contributed by atoms with van der Waals surface area (Å²) in [6.45, 7) is 0.600. The Kier molecular flexibility index (Phi) is 3.07. The summed E-state index contributed by atoms with van der Waals surface area (Å²) in [6.07, 6.45) is 3.96. The molecule has 1 aromatic rings. The zero-order valence-corrected chi connectivity index (χ0v) is 6.23. The third kappa shape index (κ3) is 2.32. The van der Waals surface area contributed by atoms with Crippen LogP contribution in [0.4, 0.5) is 0 Å². The molecular weight excluding hydrogens is 144 g/mol. The first-order valence-corrected chi connectivity index (χ1v) is 3.62. The number of aromatic nitrogens is 1. The van der Waals surface area contributed by atoms with E-state index in [2.05, 4.69) is 9.68 Å². The molecule has 0 radical (unpaired) electrons. The molecule has 0 aliphatic carbocycles. The van der Waals surface area contributed by atoms with Gasteiger partial charge in [0, 0.05) is 5.56 Å². The van der Waals surface area contributed by atoms with E-state index in [-0.39, 0.29) is 0 Å². The van der Waals surface area contributed by atoms with E-state index in [1.807, 2.05) is 0 Å². The fourth-order valence-electron chi connectivity index (χ4n) is 0.855. The Balaban J connectivity index is 2.36. The summed E-state index contributed by atoms with van der Waals surface area (Å²) in [5.41, 5.74) is 6.00. The maximum Gasteiger partial charge on any atom is 0.129 e. The van der Waals surface area contributed by atoms with Gasteiger partial charge in [-0.2, -0.15) is 0 Å². The van der Waals surface area contributed by atoms with E-state index >= 15 is 0 Å². The zero-order chi connectivity index (χ0) is 8.10. The van der Waals surface area contributed by atoms with Crippen molar-refractivity contribution in [1.82, 2.24) is 5.16 Å². The molecule has 4 heteroatoms. The van der Waals surface area contributed by atoms with Gasteiger partial charge in [0.15, 0.2) is 0 Å². The van der Waals surface area contributed by atoms with Crippen molar-refractivity contribution >= 4 is 0 Å². The lowest BCUT2D eigenvalue weighted by Gasteiger charge is -2.04. The van der Waals surface area contributed by atoms with E-state index in [1.54, 1.807) is 0 Å².